The van der Waals surface area contributed by atoms with Crippen molar-refractivity contribution in [3.8, 4) is 11.5 Å². The maximum Gasteiger partial charge on any atom is 0.273 e. The van der Waals surface area contributed by atoms with Gasteiger partial charge in [-0.05, 0) is 42.7 Å². The van der Waals surface area contributed by atoms with Gasteiger partial charge in [-0.25, -0.2) is 0 Å². The summed E-state index contributed by atoms with van der Waals surface area (Å²) < 4.78 is 5.68. The first-order valence-corrected chi connectivity index (χ1v) is 6.72. The van der Waals surface area contributed by atoms with Crippen LogP contribution in [0.5, 0.6) is 11.5 Å². The van der Waals surface area contributed by atoms with Crippen molar-refractivity contribution in [2.24, 2.45) is 0 Å². The Balaban J connectivity index is 2.22. The standard InChI is InChI=1S/C16H17NO4/c1-3-15(18)12-5-8-14(9-6-12)21-16-10-13(17(19)20)7-4-11(16)2/h4-10,15,18H,3H2,1-2H3/t15-/m0/s1. The second-order valence-electron chi connectivity index (χ2n) is 4.80. The predicted octanol–water partition coefficient (Wildman–Crippen LogP) is 4.14. The van der Waals surface area contributed by atoms with Crippen LogP contribution < -0.4 is 4.74 Å². The summed E-state index contributed by atoms with van der Waals surface area (Å²) in [5, 5.41) is 20.5. The van der Waals surface area contributed by atoms with Crippen molar-refractivity contribution in [2.75, 3.05) is 0 Å². The fourth-order valence-electron chi connectivity index (χ4n) is 1.93. The van der Waals surface area contributed by atoms with Gasteiger partial charge in [-0.2, -0.15) is 0 Å². The number of aryl methyl sites for hydroxylation is 1. The summed E-state index contributed by atoms with van der Waals surface area (Å²) in [7, 11) is 0. The van der Waals surface area contributed by atoms with Crippen molar-refractivity contribution < 1.29 is 14.8 Å². The quantitative estimate of drug-likeness (QED) is 0.662. The molecule has 0 aliphatic carbocycles. The second-order valence-corrected chi connectivity index (χ2v) is 4.80. The van der Waals surface area contributed by atoms with Crippen molar-refractivity contribution in [2.45, 2.75) is 26.4 Å². The third kappa shape index (κ3) is 3.58. The van der Waals surface area contributed by atoms with Gasteiger partial charge in [0, 0.05) is 6.07 Å². The maximum absolute atomic E-state index is 10.8. The van der Waals surface area contributed by atoms with Gasteiger partial charge in [0.25, 0.3) is 5.69 Å². The molecule has 2 rings (SSSR count). The van der Waals surface area contributed by atoms with Crippen molar-refractivity contribution in [1.82, 2.24) is 0 Å². The highest BCUT2D eigenvalue weighted by atomic mass is 16.6. The van der Waals surface area contributed by atoms with E-state index in [1.54, 1.807) is 30.3 Å². The zero-order chi connectivity index (χ0) is 15.4. The minimum atomic E-state index is -0.487. The van der Waals surface area contributed by atoms with Gasteiger partial charge in [0.15, 0.2) is 0 Å². The number of hydrogen-bond acceptors (Lipinski definition) is 4. The number of non-ortho nitro benzene ring substituents is 1. The molecule has 0 heterocycles. The highest BCUT2D eigenvalue weighted by Gasteiger charge is 2.11. The third-order valence-corrected chi connectivity index (χ3v) is 3.26. The number of aliphatic hydroxyl groups excluding tert-OH is 1. The number of nitro benzene ring substituents is 1. The van der Waals surface area contributed by atoms with Crippen molar-refractivity contribution in [3.63, 3.8) is 0 Å². The Labute approximate surface area is 123 Å². The fraction of sp³-hybridized carbons (Fsp3) is 0.250. The lowest BCUT2D eigenvalue weighted by Crippen LogP contribution is -1.95. The van der Waals surface area contributed by atoms with Crippen LogP contribution in [0.15, 0.2) is 42.5 Å². The number of nitrogens with zero attached hydrogens (tertiary/aromatic N) is 1. The minimum Gasteiger partial charge on any atom is -0.457 e. The Morgan fingerprint density at radius 1 is 1.24 bits per heavy atom. The van der Waals surface area contributed by atoms with E-state index in [0.29, 0.717) is 17.9 Å². The lowest BCUT2D eigenvalue weighted by molar-refractivity contribution is -0.384. The van der Waals surface area contributed by atoms with E-state index in [2.05, 4.69) is 0 Å². The van der Waals surface area contributed by atoms with E-state index in [9.17, 15) is 15.2 Å². The van der Waals surface area contributed by atoms with Gasteiger partial charge in [-0.1, -0.05) is 19.1 Å². The molecule has 0 radical (unpaired) electrons. The van der Waals surface area contributed by atoms with Crippen LogP contribution in [0.2, 0.25) is 0 Å². The highest BCUT2D eigenvalue weighted by molar-refractivity contribution is 5.46. The summed E-state index contributed by atoms with van der Waals surface area (Å²) in [6, 6.07) is 11.6. The molecule has 0 spiro atoms. The third-order valence-electron chi connectivity index (χ3n) is 3.26. The number of nitro groups is 1. The molecule has 0 aliphatic heterocycles. The van der Waals surface area contributed by atoms with E-state index in [0.717, 1.165) is 11.1 Å². The predicted molar refractivity (Wildman–Crippen MR) is 79.6 cm³/mol. The molecule has 0 aromatic heterocycles. The Morgan fingerprint density at radius 2 is 1.90 bits per heavy atom. The molecular formula is C16H17NO4. The Morgan fingerprint density at radius 3 is 2.48 bits per heavy atom. The summed E-state index contributed by atoms with van der Waals surface area (Å²) >= 11 is 0. The SMILES string of the molecule is CC[C@H](O)c1ccc(Oc2cc([N+](=O)[O-])ccc2C)cc1. The van der Waals surface area contributed by atoms with E-state index >= 15 is 0 Å². The van der Waals surface area contributed by atoms with Gasteiger partial charge >= 0.3 is 0 Å². The topological polar surface area (TPSA) is 72.6 Å². The van der Waals surface area contributed by atoms with Crippen LogP contribution in [0.25, 0.3) is 0 Å². The first-order valence-electron chi connectivity index (χ1n) is 6.72. The van der Waals surface area contributed by atoms with E-state index in [1.165, 1.54) is 12.1 Å². The Hall–Kier alpha value is -2.40. The normalized spacial score (nSPS) is 12.0. The van der Waals surface area contributed by atoms with Gasteiger partial charge in [-0.3, -0.25) is 10.1 Å². The largest absolute Gasteiger partial charge is 0.457 e. The van der Waals surface area contributed by atoms with Gasteiger partial charge in [0.1, 0.15) is 11.5 Å². The molecule has 0 saturated carbocycles. The highest BCUT2D eigenvalue weighted by Crippen LogP contribution is 2.29. The number of ether oxygens (including phenoxy) is 1. The van der Waals surface area contributed by atoms with Gasteiger partial charge in [0.05, 0.1) is 17.1 Å². The first kappa shape index (κ1) is 15.0. The van der Waals surface area contributed by atoms with Crippen LogP contribution in [0.1, 0.15) is 30.6 Å². The Bertz CT molecular complexity index is 637. The maximum atomic E-state index is 10.8. The van der Waals surface area contributed by atoms with Crippen LogP contribution in [0.3, 0.4) is 0 Å². The number of hydrogen-bond donors (Lipinski definition) is 1. The zero-order valence-corrected chi connectivity index (χ0v) is 11.9. The van der Waals surface area contributed by atoms with Crippen LogP contribution in [0, 0.1) is 17.0 Å². The number of rotatable bonds is 5. The zero-order valence-electron chi connectivity index (χ0n) is 11.9. The van der Waals surface area contributed by atoms with Crippen LogP contribution in [0.4, 0.5) is 5.69 Å². The van der Waals surface area contributed by atoms with Gasteiger partial charge in [-0.15, -0.1) is 0 Å². The van der Waals surface area contributed by atoms with E-state index in [1.807, 2.05) is 13.8 Å². The summed E-state index contributed by atoms with van der Waals surface area (Å²) in [6.07, 6.45) is 0.156. The summed E-state index contributed by atoms with van der Waals surface area (Å²) in [5.41, 5.74) is 1.63. The molecule has 5 heteroatoms. The first-order chi connectivity index (χ1) is 10.0. The monoisotopic (exact) mass is 287 g/mol. The molecule has 0 aliphatic rings. The van der Waals surface area contributed by atoms with Gasteiger partial charge in [0.2, 0.25) is 0 Å². The molecule has 0 bridgehead atoms. The average molecular weight is 287 g/mol. The van der Waals surface area contributed by atoms with E-state index < -0.39 is 11.0 Å². The van der Waals surface area contributed by atoms with E-state index in [-0.39, 0.29) is 5.69 Å². The second kappa shape index (κ2) is 6.37. The smallest absolute Gasteiger partial charge is 0.273 e. The molecule has 110 valence electrons. The van der Waals surface area contributed by atoms with E-state index in [4.69, 9.17) is 4.74 Å². The van der Waals surface area contributed by atoms with Crippen molar-refractivity contribution in [1.29, 1.82) is 0 Å². The molecule has 0 amide bonds. The molecule has 2 aromatic rings. The average Bonchev–Trinajstić information content (AvgIpc) is 2.49. The molecule has 1 atom stereocenters. The fourth-order valence-corrected chi connectivity index (χ4v) is 1.93. The lowest BCUT2D eigenvalue weighted by Gasteiger charge is -2.11. The number of benzene rings is 2. The molecule has 21 heavy (non-hydrogen) atoms. The summed E-state index contributed by atoms with van der Waals surface area (Å²) in [4.78, 5) is 10.3. The number of aliphatic hydroxyl groups is 1. The Kier molecular flexibility index (Phi) is 4.55. The minimum absolute atomic E-state index is 0.00590. The molecule has 5 nitrogen and oxygen atoms in total. The molecule has 0 fully saturated rings. The molecule has 0 unspecified atom stereocenters. The van der Waals surface area contributed by atoms with Crippen molar-refractivity contribution in [3.05, 3.63) is 63.7 Å². The molecule has 0 saturated heterocycles. The van der Waals surface area contributed by atoms with Crippen molar-refractivity contribution >= 4 is 5.69 Å². The van der Waals surface area contributed by atoms with Crippen LogP contribution in [-0.2, 0) is 0 Å². The molecule has 2 aromatic carbocycles. The lowest BCUT2D eigenvalue weighted by atomic mass is 10.1. The molecular weight excluding hydrogens is 270 g/mol. The summed E-state index contributed by atoms with van der Waals surface area (Å²) in [5.74, 6) is 1.03. The van der Waals surface area contributed by atoms with Crippen LogP contribution >= 0.6 is 0 Å². The molecule has 1 N–H and O–H groups in total. The van der Waals surface area contributed by atoms with Crippen LogP contribution in [-0.4, -0.2) is 10.0 Å². The van der Waals surface area contributed by atoms with Gasteiger partial charge < -0.3 is 9.84 Å². The summed E-state index contributed by atoms with van der Waals surface area (Å²) in [6.45, 7) is 3.73.